The number of hydrogen-bond acceptors (Lipinski definition) is 5. The molecule has 7 nitrogen and oxygen atoms in total. The quantitative estimate of drug-likeness (QED) is 0.783. The zero-order valence-electron chi connectivity index (χ0n) is 14.2. The molecule has 0 aliphatic carbocycles. The van der Waals surface area contributed by atoms with Gasteiger partial charge >= 0.3 is 0 Å². The maximum Gasteiger partial charge on any atom is 0.255 e. The van der Waals surface area contributed by atoms with Gasteiger partial charge in [-0.3, -0.25) is 4.79 Å². The van der Waals surface area contributed by atoms with Crippen molar-refractivity contribution in [2.75, 3.05) is 0 Å². The van der Waals surface area contributed by atoms with Gasteiger partial charge in [-0.1, -0.05) is 30.3 Å². The van der Waals surface area contributed by atoms with Crippen LogP contribution in [-0.2, 0) is 13.0 Å². The summed E-state index contributed by atoms with van der Waals surface area (Å²) in [6.45, 7) is 0.704. The minimum Gasteiger partial charge on any atom is -0.457 e. The van der Waals surface area contributed by atoms with Gasteiger partial charge in [0.2, 0.25) is 0 Å². The number of aryl methyl sites for hydroxylation is 2. The van der Waals surface area contributed by atoms with Crippen molar-refractivity contribution in [2.45, 2.75) is 31.8 Å². The number of nitrogens with one attached hydrogen (secondary N) is 1. The van der Waals surface area contributed by atoms with Gasteiger partial charge in [0.25, 0.3) is 5.91 Å². The molecule has 0 fully saturated rings. The molecule has 1 atom stereocenters. The van der Waals surface area contributed by atoms with Gasteiger partial charge in [-0.05, 0) is 47.5 Å². The highest BCUT2D eigenvalue weighted by atomic mass is 16.5. The van der Waals surface area contributed by atoms with Crippen LogP contribution in [0.4, 0.5) is 0 Å². The van der Waals surface area contributed by atoms with Gasteiger partial charge in [-0.2, -0.15) is 0 Å². The number of benzene rings is 2. The average molecular weight is 349 g/mol. The van der Waals surface area contributed by atoms with Gasteiger partial charge in [0, 0.05) is 19.0 Å². The van der Waals surface area contributed by atoms with E-state index in [1.807, 2.05) is 42.5 Å². The van der Waals surface area contributed by atoms with E-state index in [2.05, 4.69) is 20.8 Å². The van der Waals surface area contributed by atoms with Crippen LogP contribution in [0.5, 0.6) is 11.5 Å². The van der Waals surface area contributed by atoms with Gasteiger partial charge in [0.15, 0.2) is 5.82 Å². The summed E-state index contributed by atoms with van der Waals surface area (Å²) in [6.07, 6.45) is 2.36. The summed E-state index contributed by atoms with van der Waals surface area (Å²) in [6, 6.07) is 16.8. The summed E-state index contributed by atoms with van der Waals surface area (Å²) < 4.78 is 7.69. The Labute approximate surface area is 151 Å². The summed E-state index contributed by atoms with van der Waals surface area (Å²) in [5.41, 5.74) is 0.526. The number of amides is 1. The van der Waals surface area contributed by atoms with E-state index in [0.717, 1.165) is 25.1 Å². The van der Waals surface area contributed by atoms with Crippen LogP contribution >= 0.6 is 0 Å². The molecule has 0 saturated heterocycles. The highest BCUT2D eigenvalue weighted by Crippen LogP contribution is 2.25. The second kappa shape index (κ2) is 7.35. The number of carbonyl (C=O) groups is 1. The lowest BCUT2D eigenvalue weighted by Gasteiger charge is -2.17. The zero-order chi connectivity index (χ0) is 17.8. The lowest BCUT2D eigenvalue weighted by molar-refractivity contribution is 0.0930. The summed E-state index contributed by atoms with van der Waals surface area (Å²) in [7, 11) is 0. The van der Waals surface area contributed by atoms with Gasteiger partial charge < -0.3 is 10.1 Å². The summed E-state index contributed by atoms with van der Waals surface area (Å²) >= 11 is 0. The minimum atomic E-state index is -0.132. The normalized spacial score (nSPS) is 16.4. The first kappa shape index (κ1) is 16.3. The highest BCUT2D eigenvalue weighted by molar-refractivity contribution is 5.97. The number of fused-ring (bicyclic) bond motifs is 1. The van der Waals surface area contributed by atoms with Gasteiger partial charge in [0.1, 0.15) is 11.5 Å². The Bertz CT molecular complexity index is 871. The molecule has 4 rings (SSSR count). The smallest absolute Gasteiger partial charge is 0.255 e. The number of aromatic nitrogens is 4. The summed E-state index contributed by atoms with van der Waals surface area (Å²) in [4.78, 5) is 12.8. The average Bonchev–Trinajstić information content (AvgIpc) is 3.04. The first-order valence-corrected chi connectivity index (χ1v) is 8.67. The number of ether oxygens (including phenoxy) is 1. The molecule has 1 aromatic heterocycles. The van der Waals surface area contributed by atoms with E-state index in [1.54, 1.807) is 16.8 Å². The van der Waals surface area contributed by atoms with Crippen molar-refractivity contribution >= 4 is 5.91 Å². The SMILES string of the molecule is O=C(NC1CCc2nnnn2CC1)c1ccccc1Oc1ccccc1. The third-order valence-electron chi connectivity index (χ3n) is 4.45. The monoisotopic (exact) mass is 349 g/mol. The summed E-state index contributed by atoms with van der Waals surface area (Å²) in [5.74, 6) is 1.98. The number of carbonyl (C=O) groups excluding carboxylic acids is 1. The molecule has 0 spiro atoms. The predicted molar refractivity (Wildman–Crippen MR) is 95.0 cm³/mol. The van der Waals surface area contributed by atoms with Gasteiger partial charge in [-0.15, -0.1) is 5.10 Å². The molecule has 1 aliphatic rings. The third-order valence-corrected chi connectivity index (χ3v) is 4.45. The third kappa shape index (κ3) is 3.56. The maximum atomic E-state index is 12.8. The Hall–Kier alpha value is -3.22. The Balaban J connectivity index is 1.46. The van der Waals surface area contributed by atoms with E-state index in [0.29, 0.717) is 23.6 Å². The van der Waals surface area contributed by atoms with Crippen molar-refractivity contribution in [1.29, 1.82) is 0 Å². The van der Waals surface area contributed by atoms with E-state index in [4.69, 9.17) is 4.74 Å². The van der Waals surface area contributed by atoms with Crippen LogP contribution in [0.25, 0.3) is 0 Å². The van der Waals surface area contributed by atoms with Crippen molar-refractivity contribution in [2.24, 2.45) is 0 Å². The fourth-order valence-corrected chi connectivity index (χ4v) is 3.07. The van der Waals surface area contributed by atoms with Crippen molar-refractivity contribution in [3.8, 4) is 11.5 Å². The number of hydrogen-bond donors (Lipinski definition) is 1. The van der Waals surface area contributed by atoms with Crippen LogP contribution in [0.2, 0.25) is 0 Å². The van der Waals surface area contributed by atoms with Crippen LogP contribution in [0.15, 0.2) is 54.6 Å². The topological polar surface area (TPSA) is 81.9 Å². The van der Waals surface area contributed by atoms with Crippen LogP contribution < -0.4 is 10.1 Å². The second-order valence-corrected chi connectivity index (χ2v) is 6.23. The standard InChI is InChI=1S/C19H19N5O2/c25-19(20-14-10-11-18-21-22-23-24(18)13-12-14)16-8-4-5-9-17(16)26-15-6-2-1-3-7-15/h1-9,14H,10-13H2,(H,20,25). The molecule has 3 aromatic rings. The van der Waals surface area contributed by atoms with Crippen molar-refractivity contribution < 1.29 is 9.53 Å². The highest BCUT2D eigenvalue weighted by Gasteiger charge is 2.21. The molecule has 0 bridgehead atoms. The Morgan fingerprint density at radius 2 is 1.88 bits per heavy atom. The van der Waals surface area contributed by atoms with Crippen molar-refractivity contribution in [3.05, 3.63) is 66.0 Å². The molecule has 2 heterocycles. The summed E-state index contributed by atoms with van der Waals surface area (Å²) in [5, 5.41) is 14.8. The number of tetrazole rings is 1. The molecule has 2 aromatic carbocycles. The predicted octanol–water partition coefficient (Wildman–Crippen LogP) is 2.60. The zero-order valence-corrected chi connectivity index (χ0v) is 14.2. The first-order chi connectivity index (χ1) is 12.8. The Kier molecular flexibility index (Phi) is 4.59. The number of rotatable bonds is 4. The molecule has 132 valence electrons. The van der Waals surface area contributed by atoms with Crippen LogP contribution in [0, 0.1) is 0 Å². The van der Waals surface area contributed by atoms with Gasteiger partial charge in [0.05, 0.1) is 5.56 Å². The molecule has 1 unspecified atom stereocenters. The van der Waals surface area contributed by atoms with E-state index in [9.17, 15) is 4.79 Å². The van der Waals surface area contributed by atoms with E-state index in [-0.39, 0.29) is 11.9 Å². The van der Waals surface area contributed by atoms with E-state index in [1.165, 1.54) is 0 Å². The lowest BCUT2D eigenvalue weighted by atomic mass is 10.1. The van der Waals surface area contributed by atoms with Crippen molar-refractivity contribution in [3.63, 3.8) is 0 Å². The molecule has 26 heavy (non-hydrogen) atoms. The van der Waals surface area contributed by atoms with Crippen molar-refractivity contribution in [1.82, 2.24) is 25.5 Å². The number of para-hydroxylation sites is 2. The van der Waals surface area contributed by atoms with Crippen LogP contribution in [-0.4, -0.2) is 32.2 Å². The molecular weight excluding hydrogens is 330 g/mol. The van der Waals surface area contributed by atoms with Gasteiger partial charge in [-0.25, -0.2) is 4.68 Å². The van der Waals surface area contributed by atoms with E-state index >= 15 is 0 Å². The molecule has 7 heteroatoms. The van der Waals surface area contributed by atoms with Crippen LogP contribution in [0.3, 0.4) is 0 Å². The molecule has 1 N–H and O–H groups in total. The lowest BCUT2D eigenvalue weighted by Crippen LogP contribution is -2.35. The maximum absolute atomic E-state index is 12.8. The fraction of sp³-hybridized carbons (Fsp3) is 0.263. The second-order valence-electron chi connectivity index (χ2n) is 6.23. The number of nitrogens with zero attached hydrogens (tertiary/aromatic N) is 4. The molecule has 0 saturated carbocycles. The Morgan fingerprint density at radius 1 is 1.08 bits per heavy atom. The van der Waals surface area contributed by atoms with Crippen LogP contribution in [0.1, 0.15) is 29.0 Å². The molecule has 0 radical (unpaired) electrons. The van der Waals surface area contributed by atoms with E-state index < -0.39 is 0 Å². The first-order valence-electron chi connectivity index (χ1n) is 8.67. The molecular formula is C19H19N5O2. The fourth-order valence-electron chi connectivity index (χ4n) is 3.07. The molecule has 1 aliphatic heterocycles. The Morgan fingerprint density at radius 3 is 2.77 bits per heavy atom. The molecule has 1 amide bonds. The largest absolute Gasteiger partial charge is 0.457 e. The minimum absolute atomic E-state index is 0.0655.